The van der Waals surface area contributed by atoms with Gasteiger partial charge in [0.15, 0.2) is 5.76 Å². The van der Waals surface area contributed by atoms with Gasteiger partial charge in [-0.1, -0.05) is 17.3 Å². The first kappa shape index (κ1) is 15.3. The molecule has 1 aromatic heterocycles. The fourth-order valence-corrected chi connectivity index (χ4v) is 2.64. The van der Waals surface area contributed by atoms with Crippen molar-refractivity contribution in [3.05, 3.63) is 52.4 Å². The Balaban J connectivity index is 1.84. The standard InChI is InChI=1S/C17H17NO5/c1-17(2)9-12-14(16(20)22-17)13(23-18-12)8-10-4-6-11(7-5-10)15(19)21-3/h4-7H,8-9H2,1-3H3. The fourth-order valence-electron chi connectivity index (χ4n) is 2.64. The lowest BCUT2D eigenvalue weighted by Gasteiger charge is -2.28. The van der Waals surface area contributed by atoms with Gasteiger partial charge in [0.1, 0.15) is 16.9 Å². The van der Waals surface area contributed by atoms with Crippen molar-refractivity contribution in [3.8, 4) is 0 Å². The molecular formula is C17H17NO5. The van der Waals surface area contributed by atoms with Crippen LogP contribution in [0.1, 0.15) is 51.6 Å². The average molecular weight is 315 g/mol. The zero-order chi connectivity index (χ0) is 16.6. The molecule has 0 N–H and O–H groups in total. The van der Waals surface area contributed by atoms with Crippen molar-refractivity contribution < 1.29 is 23.6 Å². The molecule has 3 rings (SSSR count). The van der Waals surface area contributed by atoms with Crippen LogP contribution in [0.25, 0.3) is 0 Å². The van der Waals surface area contributed by atoms with Gasteiger partial charge < -0.3 is 14.0 Å². The first-order valence-electron chi connectivity index (χ1n) is 7.27. The SMILES string of the molecule is COC(=O)c1ccc(Cc2onc3c2C(=O)OC(C)(C)C3)cc1. The summed E-state index contributed by atoms with van der Waals surface area (Å²) >= 11 is 0. The smallest absolute Gasteiger partial charge is 0.344 e. The first-order valence-corrected chi connectivity index (χ1v) is 7.27. The summed E-state index contributed by atoms with van der Waals surface area (Å²) in [5.74, 6) is -0.315. The fraction of sp³-hybridized carbons (Fsp3) is 0.353. The van der Waals surface area contributed by atoms with Gasteiger partial charge in [-0.05, 0) is 31.5 Å². The van der Waals surface area contributed by atoms with E-state index in [4.69, 9.17) is 9.26 Å². The Kier molecular flexibility index (Phi) is 3.67. The zero-order valence-electron chi connectivity index (χ0n) is 13.2. The van der Waals surface area contributed by atoms with Crippen molar-refractivity contribution in [2.45, 2.75) is 32.3 Å². The largest absolute Gasteiger partial charge is 0.465 e. The van der Waals surface area contributed by atoms with Gasteiger partial charge in [0, 0.05) is 12.8 Å². The van der Waals surface area contributed by atoms with Gasteiger partial charge in [-0.25, -0.2) is 9.59 Å². The zero-order valence-corrected chi connectivity index (χ0v) is 13.2. The average Bonchev–Trinajstić information content (AvgIpc) is 2.88. The number of carbonyl (C=O) groups excluding carboxylic acids is 2. The van der Waals surface area contributed by atoms with Crippen LogP contribution in [0.3, 0.4) is 0 Å². The van der Waals surface area contributed by atoms with E-state index in [1.165, 1.54) is 7.11 Å². The third-order valence-corrected chi connectivity index (χ3v) is 3.74. The van der Waals surface area contributed by atoms with E-state index in [1.807, 2.05) is 13.8 Å². The molecule has 6 nitrogen and oxygen atoms in total. The van der Waals surface area contributed by atoms with Crippen LogP contribution in [0.2, 0.25) is 0 Å². The molecule has 0 amide bonds. The van der Waals surface area contributed by atoms with Crippen molar-refractivity contribution in [3.63, 3.8) is 0 Å². The minimum absolute atomic E-state index is 0.389. The first-order chi connectivity index (χ1) is 10.9. The van der Waals surface area contributed by atoms with E-state index in [2.05, 4.69) is 9.89 Å². The normalized spacial score (nSPS) is 15.7. The van der Waals surface area contributed by atoms with E-state index in [1.54, 1.807) is 24.3 Å². The Labute approximate surface area is 133 Å². The van der Waals surface area contributed by atoms with Crippen LogP contribution in [0.15, 0.2) is 28.8 Å². The lowest BCUT2D eigenvalue weighted by Crippen LogP contribution is -2.36. The number of cyclic esters (lactones) is 1. The second-order valence-electron chi connectivity index (χ2n) is 6.12. The highest BCUT2D eigenvalue weighted by Gasteiger charge is 2.37. The summed E-state index contributed by atoms with van der Waals surface area (Å²) in [5.41, 5.74) is 1.85. The van der Waals surface area contributed by atoms with Gasteiger partial charge in [0.2, 0.25) is 0 Å². The molecule has 2 aromatic rings. The molecule has 1 aromatic carbocycles. The summed E-state index contributed by atoms with van der Waals surface area (Å²) < 4.78 is 15.4. The van der Waals surface area contributed by atoms with Crippen molar-refractivity contribution in [2.75, 3.05) is 7.11 Å². The molecule has 6 heteroatoms. The molecule has 2 heterocycles. The molecule has 1 aliphatic rings. The molecule has 0 saturated carbocycles. The quantitative estimate of drug-likeness (QED) is 0.810. The summed E-state index contributed by atoms with van der Waals surface area (Å²) in [6.07, 6.45) is 0.929. The highest BCUT2D eigenvalue weighted by Crippen LogP contribution is 2.30. The van der Waals surface area contributed by atoms with Crippen LogP contribution in [-0.4, -0.2) is 29.8 Å². The van der Waals surface area contributed by atoms with Crippen LogP contribution < -0.4 is 0 Å². The third kappa shape index (κ3) is 2.97. The van der Waals surface area contributed by atoms with Gasteiger partial charge in [0.05, 0.1) is 12.7 Å². The third-order valence-electron chi connectivity index (χ3n) is 3.74. The lowest BCUT2D eigenvalue weighted by atomic mass is 9.94. The van der Waals surface area contributed by atoms with Crippen molar-refractivity contribution in [1.82, 2.24) is 5.16 Å². The number of esters is 2. The Morgan fingerprint density at radius 3 is 2.65 bits per heavy atom. The number of methoxy groups -OCH3 is 1. The van der Waals surface area contributed by atoms with Gasteiger partial charge >= 0.3 is 11.9 Å². The predicted octanol–water partition coefficient (Wildman–Crippen LogP) is 2.54. The predicted molar refractivity (Wildman–Crippen MR) is 80.3 cm³/mol. The number of aromatic nitrogens is 1. The molecule has 120 valence electrons. The second kappa shape index (κ2) is 5.53. The monoisotopic (exact) mass is 315 g/mol. The maximum atomic E-state index is 12.2. The Bertz CT molecular complexity index is 758. The van der Waals surface area contributed by atoms with Crippen molar-refractivity contribution in [1.29, 1.82) is 0 Å². The minimum Gasteiger partial charge on any atom is -0.465 e. The molecular weight excluding hydrogens is 298 g/mol. The maximum Gasteiger partial charge on any atom is 0.344 e. The Hall–Kier alpha value is -2.63. The van der Waals surface area contributed by atoms with E-state index in [0.717, 1.165) is 5.56 Å². The van der Waals surface area contributed by atoms with E-state index in [9.17, 15) is 9.59 Å². The number of carbonyl (C=O) groups is 2. The van der Waals surface area contributed by atoms with Gasteiger partial charge in [0.25, 0.3) is 0 Å². The Morgan fingerprint density at radius 2 is 2.00 bits per heavy atom. The highest BCUT2D eigenvalue weighted by molar-refractivity contribution is 5.93. The van der Waals surface area contributed by atoms with Crippen molar-refractivity contribution in [2.24, 2.45) is 0 Å². The number of hydrogen-bond acceptors (Lipinski definition) is 6. The number of rotatable bonds is 3. The number of benzene rings is 1. The van der Waals surface area contributed by atoms with Crippen LogP contribution in [0, 0.1) is 0 Å². The summed E-state index contributed by atoms with van der Waals surface area (Å²) in [5, 5.41) is 4.01. The number of fused-ring (bicyclic) bond motifs is 1. The molecule has 0 aliphatic carbocycles. The molecule has 0 spiro atoms. The van der Waals surface area contributed by atoms with E-state index >= 15 is 0 Å². The van der Waals surface area contributed by atoms with E-state index in [-0.39, 0.29) is 5.97 Å². The number of ether oxygens (including phenoxy) is 2. The highest BCUT2D eigenvalue weighted by atomic mass is 16.6. The van der Waals surface area contributed by atoms with Gasteiger partial charge in [-0.3, -0.25) is 0 Å². The van der Waals surface area contributed by atoms with Crippen LogP contribution in [0.5, 0.6) is 0 Å². The molecule has 0 radical (unpaired) electrons. The molecule has 0 saturated heterocycles. The molecule has 0 atom stereocenters. The number of hydrogen-bond donors (Lipinski definition) is 0. The van der Waals surface area contributed by atoms with Crippen LogP contribution in [0.4, 0.5) is 0 Å². The van der Waals surface area contributed by atoms with Crippen LogP contribution >= 0.6 is 0 Å². The summed E-state index contributed by atoms with van der Waals surface area (Å²) in [4.78, 5) is 23.6. The van der Waals surface area contributed by atoms with E-state index < -0.39 is 11.6 Å². The molecule has 23 heavy (non-hydrogen) atoms. The van der Waals surface area contributed by atoms with Crippen LogP contribution in [-0.2, 0) is 22.3 Å². The van der Waals surface area contributed by atoms with Crippen molar-refractivity contribution >= 4 is 11.9 Å². The van der Waals surface area contributed by atoms with Gasteiger partial charge in [-0.15, -0.1) is 0 Å². The minimum atomic E-state index is -0.569. The molecule has 0 bridgehead atoms. The Morgan fingerprint density at radius 1 is 1.30 bits per heavy atom. The topological polar surface area (TPSA) is 78.6 Å². The van der Waals surface area contributed by atoms with Gasteiger partial charge in [-0.2, -0.15) is 0 Å². The summed E-state index contributed by atoms with van der Waals surface area (Å²) in [7, 11) is 1.34. The summed E-state index contributed by atoms with van der Waals surface area (Å²) in [6.45, 7) is 3.68. The second-order valence-corrected chi connectivity index (χ2v) is 6.12. The molecule has 0 fully saturated rings. The molecule has 0 unspecified atom stereocenters. The van der Waals surface area contributed by atoms with E-state index in [0.29, 0.717) is 35.4 Å². The summed E-state index contributed by atoms with van der Waals surface area (Å²) in [6, 6.07) is 6.93. The maximum absolute atomic E-state index is 12.2. The lowest BCUT2D eigenvalue weighted by molar-refractivity contribution is -0.00701. The molecule has 1 aliphatic heterocycles. The number of nitrogens with zero attached hydrogens (tertiary/aromatic N) is 1.